The zero-order valence-electron chi connectivity index (χ0n) is 20.6. The van der Waals surface area contributed by atoms with Crippen LogP contribution in [0.1, 0.15) is 29.3 Å². The molecular weight excluding hydrogens is 492 g/mol. The van der Waals surface area contributed by atoms with E-state index < -0.39 is 17.7 Å². The minimum atomic E-state index is -0.721. The molecular formula is C28H29ClN4O4. The quantitative estimate of drug-likeness (QED) is 0.288. The van der Waals surface area contributed by atoms with Crippen molar-refractivity contribution < 1.29 is 19.4 Å². The normalized spacial score (nSPS) is 20.1. The molecule has 8 nitrogen and oxygen atoms in total. The van der Waals surface area contributed by atoms with E-state index in [-0.39, 0.29) is 11.3 Å². The predicted molar refractivity (Wildman–Crippen MR) is 141 cm³/mol. The van der Waals surface area contributed by atoms with Crippen molar-refractivity contribution in [3.63, 3.8) is 0 Å². The van der Waals surface area contributed by atoms with Crippen molar-refractivity contribution in [2.75, 3.05) is 39.4 Å². The summed E-state index contributed by atoms with van der Waals surface area (Å²) in [5.74, 6) is -1.54. The largest absolute Gasteiger partial charge is 0.507 e. The Labute approximate surface area is 220 Å². The van der Waals surface area contributed by atoms with Crippen LogP contribution in [0.25, 0.3) is 11.4 Å². The third-order valence-corrected chi connectivity index (χ3v) is 7.22. The van der Waals surface area contributed by atoms with E-state index >= 15 is 0 Å². The van der Waals surface area contributed by atoms with Crippen molar-refractivity contribution in [1.82, 2.24) is 19.6 Å². The number of Topliss-reactive ketones (excluding diaryl/α,β-unsaturated/α-hetero) is 1. The Hall–Kier alpha value is -3.46. The van der Waals surface area contributed by atoms with Gasteiger partial charge in [0.1, 0.15) is 5.76 Å². The van der Waals surface area contributed by atoms with Gasteiger partial charge in [-0.25, -0.2) is 4.68 Å². The lowest BCUT2D eigenvalue weighted by atomic mass is 9.95. The second-order valence-corrected chi connectivity index (χ2v) is 9.68. The lowest BCUT2D eigenvalue weighted by Gasteiger charge is -2.29. The average molecular weight is 521 g/mol. The predicted octanol–water partition coefficient (Wildman–Crippen LogP) is 3.98. The van der Waals surface area contributed by atoms with Crippen molar-refractivity contribution >= 4 is 29.1 Å². The van der Waals surface area contributed by atoms with Gasteiger partial charge in [0.15, 0.2) is 0 Å². The highest BCUT2D eigenvalue weighted by atomic mass is 35.5. The van der Waals surface area contributed by atoms with Gasteiger partial charge in [0.05, 0.1) is 48.0 Å². The Kier molecular flexibility index (Phi) is 7.41. The standard InChI is InChI=1S/C28H29ClN4O4/c1-19-23(18-30-33(19)22-6-3-2-4-7-22)26(34)24-25(20-8-10-21(29)11-9-20)32(28(36)27(24)35)13-5-12-31-14-16-37-17-15-31/h2-4,6-11,18,25,34H,5,12-17H2,1H3/t25-/m1/s1. The number of para-hydroxylation sites is 1. The number of hydrogen-bond acceptors (Lipinski definition) is 6. The topological polar surface area (TPSA) is 87.9 Å². The van der Waals surface area contributed by atoms with E-state index in [1.807, 2.05) is 37.3 Å². The highest BCUT2D eigenvalue weighted by Gasteiger charge is 2.46. The minimum absolute atomic E-state index is 0.0643. The van der Waals surface area contributed by atoms with E-state index in [1.165, 1.54) is 6.20 Å². The number of halogens is 1. The molecule has 2 fully saturated rings. The zero-order valence-corrected chi connectivity index (χ0v) is 21.4. The van der Waals surface area contributed by atoms with E-state index in [0.717, 1.165) is 25.3 Å². The van der Waals surface area contributed by atoms with Crippen LogP contribution in [-0.4, -0.2) is 75.8 Å². The first-order chi connectivity index (χ1) is 18.0. The van der Waals surface area contributed by atoms with Crippen molar-refractivity contribution in [2.45, 2.75) is 19.4 Å². The number of likely N-dealkylation sites (tertiary alicyclic amines) is 1. The van der Waals surface area contributed by atoms with Gasteiger partial charge >= 0.3 is 0 Å². The molecule has 0 spiro atoms. The molecule has 3 heterocycles. The summed E-state index contributed by atoms with van der Waals surface area (Å²) in [5.41, 5.74) is 2.68. The third kappa shape index (κ3) is 5.05. The summed E-state index contributed by atoms with van der Waals surface area (Å²) in [7, 11) is 0. The molecule has 0 radical (unpaired) electrons. The number of carbonyl (C=O) groups excluding carboxylic acids is 2. The van der Waals surface area contributed by atoms with Crippen LogP contribution in [0, 0.1) is 6.92 Å². The van der Waals surface area contributed by atoms with Crippen LogP contribution in [0.4, 0.5) is 0 Å². The number of ether oxygens (including phenoxy) is 1. The first-order valence-corrected chi connectivity index (χ1v) is 12.8. The molecule has 9 heteroatoms. The molecule has 2 aromatic carbocycles. The number of aromatic nitrogens is 2. The second-order valence-electron chi connectivity index (χ2n) is 9.24. The number of aliphatic hydroxyl groups is 1. The summed E-state index contributed by atoms with van der Waals surface area (Å²) < 4.78 is 7.11. The van der Waals surface area contributed by atoms with Gasteiger partial charge in [-0.1, -0.05) is 41.9 Å². The number of hydrogen-bond donors (Lipinski definition) is 1. The molecule has 2 aliphatic rings. The molecule has 2 aliphatic heterocycles. The van der Waals surface area contributed by atoms with Crippen molar-refractivity contribution in [1.29, 1.82) is 0 Å². The van der Waals surface area contributed by atoms with Crippen LogP contribution >= 0.6 is 11.6 Å². The summed E-state index contributed by atoms with van der Waals surface area (Å²) in [4.78, 5) is 30.4. The first kappa shape index (κ1) is 25.2. The van der Waals surface area contributed by atoms with Crippen molar-refractivity contribution in [3.8, 4) is 5.69 Å². The van der Waals surface area contributed by atoms with Crippen LogP contribution in [0.2, 0.25) is 5.02 Å². The number of benzene rings is 2. The van der Waals surface area contributed by atoms with E-state index in [4.69, 9.17) is 16.3 Å². The van der Waals surface area contributed by atoms with Gasteiger partial charge in [-0.05, 0) is 43.2 Å². The third-order valence-electron chi connectivity index (χ3n) is 6.97. The molecule has 0 bridgehead atoms. The molecule has 37 heavy (non-hydrogen) atoms. The molecule has 0 aliphatic carbocycles. The van der Waals surface area contributed by atoms with Gasteiger partial charge in [0.2, 0.25) is 0 Å². The van der Waals surface area contributed by atoms with Gasteiger partial charge in [0.25, 0.3) is 11.7 Å². The van der Waals surface area contributed by atoms with Gasteiger partial charge in [-0.3, -0.25) is 14.5 Å². The average Bonchev–Trinajstić information content (AvgIpc) is 3.42. The van der Waals surface area contributed by atoms with Crippen LogP contribution in [0.5, 0.6) is 0 Å². The smallest absolute Gasteiger partial charge is 0.295 e. The molecule has 1 atom stereocenters. The van der Waals surface area contributed by atoms with Crippen LogP contribution in [0.15, 0.2) is 66.4 Å². The molecule has 192 valence electrons. The summed E-state index contributed by atoms with van der Waals surface area (Å²) in [6.07, 6.45) is 2.23. The van der Waals surface area contributed by atoms with Crippen LogP contribution < -0.4 is 0 Å². The van der Waals surface area contributed by atoms with Gasteiger partial charge in [0, 0.05) is 31.2 Å². The lowest BCUT2D eigenvalue weighted by Crippen LogP contribution is -2.38. The van der Waals surface area contributed by atoms with Gasteiger partial charge in [-0.2, -0.15) is 5.10 Å². The van der Waals surface area contributed by atoms with Gasteiger partial charge < -0.3 is 14.7 Å². The number of carbonyl (C=O) groups is 2. The highest BCUT2D eigenvalue weighted by Crippen LogP contribution is 2.40. The monoisotopic (exact) mass is 520 g/mol. The second kappa shape index (κ2) is 10.9. The fraction of sp³-hybridized carbons (Fsp3) is 0.321. The summed E-state index contributed by atoms with van der Waals surface area (Å²) in [6.45, 7) is 6.10. The lowest BCUT2D eigenvalue weighted by molar-refractivity contribution is -0.140. The van der Waals surface area contributed by atoms with Crippen molar-refractivity contribution in [3.05, 3.63) is 88.2 Å². The maximum Gasteiger partial charge on any atom is 0.295 e. The Morgan fingerprint density at radius 2 is 1.76 bits per heavy atom. The Morgan fingerprint density at radius 1 is 1.05 bits per heavy atom. The molecule has 1 amide bonds. The number of ketones is 1. The SMILES string of the molecule is Cc1c(C(O)=C2C(=O)C(=O)N(CCCN3CCOCC3)[C@@H]2c2ccc(Cl)cc2)cnn1-c1ccccc1. The van der Waals surface area contributed by atoms with Gasteiger partial charge in [-0.15, -0.1) is 0 Å². The van der Waals surface area contributed by atoms with E-state index in [2.05, 4.69) is 10.00 Å². The van der Waals surface area contributed by atoms with Crippen molar-refractivity contribution in [2.24, 2.45) is 0 Å². The Bertz CT molecular complexity index is 1310. The fourth-order valence-corrected chi connectivity index (χ4v) is 5.13. The Morgan fingerprint density at radius 3 is 2.46 bits per heavy atom. The molecule has 0 saturated carbocycles. The number of nitrogens with zero attached hydrogens (tertiary/aromatic N) is 4. The summed E-state index contributed by atoms with van der Waals surface area (Å²) in [6, 6.07) is 15.8. The first-order valence-electron chi connectivity index (χ1n) is 12.4. The number of rotatable bonds is 7. The molecule has 0 unspecified atom stereocenters. The highest BCUT2D eigenvalue weighted by molar-refractivity contribution is 6.46. The van der Waals surface area contributed by atoms with Crippen LogP contribution in [0.3, 0.4) is 0 Å². The molecule has 2 saturated heterocycles. The number of amides is 1. The summed E-state index contributed by atoms with van der Waals surface area (Å²) >= 11 is 6.12. The van der Waals surface area contributed by atoms with E-state index in [9.17, 15) is 14.7 Å². The maximum atomic E-state index is 13.3. The van der Waals surface area contributed by atoms with E-state index in [1.54, 1.807) is 33.8 Å². The molecule has 5 rings (SSSR count). The van der Waals surface area contributed by atoms with Crippen LogP contribution in [-0.2, 0) is 14.3 Å². The number of morpholine rings is 1. The fourth-order valence-electron chi connectivity index (χ4n) is 5.01. The number of aliphatic hydroxyl groups excluding tert-OH is 1. The minimum Gasteiger partial charge on any atom is -0.507 e. The molecule has 3 aromatic rings. The molecule has 1 aromatic heterocycles. The molecule has 1 N–H and O–H groups in total. The zero-order chi connectivity index (χ0) is 25.9. The maximum absolute atomic E-state index is 13.3. The van der Waals surface area contributed by atoms with E-state index in [0.29, 0.717) is 48.0 Å². The Balaban J connectivity index is 1.50. The summed E-state index contributed by atoms with van der Waals surface area (Å²) in [5, 5.41) is 16.4.